The van der Waals surface area contributed by atoms with Crippen LogP contribution in [0.2, 0.25) is 5.02 Å². The average Bonchev–Trinajstić information content (AvgIpc) is 3.07. The van der Waals surface area contributed by atoms with Gasteiger partial charge in [-0.15, -0.1) is 0 Å². The minimum absolute atomic E-state index is 0.0976. The zero-order chi connectivity index (χ0) is 21.2. The molecule has 1 aromatic heterocycles. The Hall–Kier alpha value is -2.18. The zero-order valence-electron chi connectivity index (χ0n) is 15.9. The van der Waals surface area contributed by atoms with E-state index < -0.39 is 29.6 Å². The third-order valence-electron chi connectivity index (χ3n) is 6.68. The van der Waals surface area contributed by atoms with Crippen LogP contribution in [0.5, 0.6) is 0 Å². The molecular weight excluding hydrogens is 406 g/mol. The third kappa shape index (κ3) is 3.09. The lowest BCUT2D eigenvalue weighted by Gasteiger charge is -2.52. The molecule has 2 aliphatic heterocycles. The van der Waals surface area contributed by atoms with Crippen LogP contribution in [-0.2, 0) is 4.79 Å². The Morgan fingerprint density at radius 2 is 2.03 bits per heavy atom. The van der Waals surface area contributed by atoms with Gasteiger partial charge in [0, 0.05) is 19.5 Å². The summed E-state index contributed by atoms with van der Waals surface area (Å²) in [6.07, 6.45) is -2.85. The number of fused-ring (bicyclic) bond motifs is 1. The van der Waals surface area contributed by atoms with Gasteiger partial charge in [-0.25, -0.2) is 13.8 Å². The van der Waals surface area contributed by atoms with Gasteiger partial charge in [-0.3, -0.25) is 4.79 Å². The number of carboxylic acid groups (broad SMARTS) is 1. The minimum Gasteiger partial charge on any atom is -0.481 e. The number of carbonyl (C=O) groups is 1. The summed E-state index contributed by atoms with van der Waals surface area (Å²) < 4.78 is 27.7. The number of carboxylic acids is 1. The molecule has 3 fully saturated rings. The number of aromatic nitrogens is 1. The molecule has 0 radical (unpaired) electrons. The number of pyridine rings is 1. The number of nitrogens with zero attached hydrogens (tertiary/aromatic N) is 4. The number of nitriles is 1. The van der Waals surface area contributed by atoms with Crippen LogP contribution in [-0.4, -0.2) is 52.4 Å². The number of rotatable bonds is 5. The van der Waals surface area contributed by atoms with E-state index in [1.165, 1.54) is 0 Å². The fourth-order valence-electron chi connectivity index (χ4n) is 4.71. The van der Waals surface area contributed by atoms with Gasteiger partial charge in [0.25, 0.3) is 6.43 Å². The van der Waals surface area contributed by atoms with Crippen LogP contribution in [0, 0.1) is 29.1 Å². The summed E-state index contributed by atoms with van der Waals surface area (Å²) in [6, 6.07) is 1.42. The molecule has 156 valence electrons. The highest BCUT2D eigenvalue weighted by atomic mass is 35.5. The van der Waals surface area contributed by atoms with Crippen LogP contribution in [0.3, 0.4) is 0 Å². The second kappa shape index (κ2) is 6.67. The minimum atomic E-state index is -2.95. The molecule has 29 heavy (non-hydrogen) atoms. The lowest BCUT2D eigenvalue weighted by atomic mass is 9.86. The largest absolute Gasteiger partial charge is 0.481 e. The summed E-state index contributed by atoms with van der Waals surface area (Å²) in [5.74, 6) is -0.0876. The first-order valence-corrected chi connectivity index (χ1v) is 9.82. The van der Waals surface area contributed by atoms with Crippen LogP contribution in [0.4, 0.5) is 20.4 Å². The summed E-state index contributed by atoms with van der Waals surface area (Å²) in [4.78, 5) is 18.8. The smallest absolute Gasteiger partial charge is 0.303 e. The number of halogens is 3. The molecule has 4 atom stereocenters. The van der Waals surface area contributed by atoms with Crippen molar-refractivity contribution < 1.29 is 23.8 Å². The maximum atomic E-state index is 13.8. The first-order valence-electron chi connectivity index (χ1n) is 9.44. The van der Waals surface area contributed by atoms with E-state index in [-0.39, 0.29) is 52.9 Å². The monoisotopic (exact) mass is 426 g/mol. The summed E-state index contributed by atoms with van der Waals surface area (Å²) >= 11 is 6.28. The standard InChI is InChI=1S/C19H21ClF2N4O3/c1-8-19(2,29)7-26(8)17-10(4-23)14(16(21)22)15(20)18(24-17)25-5-11-9(3-13(27)28)12(11)6-25/h8-9,11-12,16,29H,3,5-7H2,1-2H3,(H,27,28)/t8-,9?,11?,12?,19+/m0/s1. The highest BCUT2D eigenvalue weighted by Crippen LogP contribution is 2.55. The van der Waals surface area contributed by atoms with Crippen LogP contribution in [0.25, 0.3) is 0 Å². The van der Waals surface area contributed by atoms with Crippen molar-refractivity contribution in [2.24, 2.45) is 17.8 Å². The van der Waals surface area contributed by atoms with E-state index in [0.717, 1.165) is 0 Å². The summed E-state index contributed by atoms with van der Waals surface area (Å²) in [7, 11) is 0. The molecule has 3 heterocycles. The molecule has 0 amide bonds. The van der Waals surface area contributed by atoms with Gasteiger partial charge in [0.15, 0.2) is 0 Å². The fraction of sp³-hybridized carbons (Fsp3) is 0.632. The zero-order valence-corrected chi connectivity index (χ0v) is 16.7. The van der Waals surface area contributed by atoms with Gasteiger partial charge in [0.2, 0.25) is 0 Å². The van der Waals surface area contributed by atoms with Gasteiger partial charge in [-0.1, -0.05) is 11.6 Å². The molecule has 7 nitrogen and oxygen atoms in total. The van der Waals surface area contributed by atoms with E-state index in [1.54, 1.807) is 23.6 Å². The molecule has 3 aliphatic rings. The van der Waals surface area contributed by atoms with Crippen molar-refractivity contribution in [1.29, 1.82) is 5.26 Å². The Balaban J connectivity index is 1.69. The maximum absolute atomic E-state index is 13.8. The molecule has 2 unspecified atom stereocenters. The van der Waals surface area contributed by atoms with E-state index in [0.29, 0.717) is 13.1 Å². The predicted octanol–water partition coefficient (Wildman–Crippen LogP) is 2.66. The lowest BCUT2D eigenvalue weighted by molar-refractivity contribution is -0.137. The molecule has 0 bridgehead atoms. The Bertz CT molecular complexity index is 908. The van der Waals surface area contributed by atoms with E-state index >= 15 is 0 Å². The predicted molar refractivity (Wildman–Crippen MR) is 101 cm³/mol. The first-order chi connectivity index (χ1) is 13.6. The van der Waals surface area contributed by atoms with Crippen molar-refractivity contribution in [2.75, 3.05) is 29.4 Å². The number of aliphatic carboxylic acids is 1. The summed E-state index contributed by atoms with van der Waals surface area (Å²) in [5.41, 5.74) is -1.82. The highest BCUT2D eigenvalue weighted by Gasteiger charge is 2.57. The number of anilines is 2. The maximum Gasteiger partial charge on any atom is 0.303 e. The van der Waals surface area contributed by atoms with Crippen LogP contribution >= 0.6 is 11.6 Å². The Morgan fingerprint density at radius 3 is 2.48 bits per heavy atom. The van der Waals surface area contributed by atoms with Gasteiger partial charge in [0.05, 0.1) is 28.8 Å². The molecule has 10 heteroatoms. The summed E-state index contributed by atoms with van der Waals surface area (Å²) in [5, 5.41) is 28.5. The van der Waals surface area contributed by atoms with Gasteiger partial charge < -0.3 is 20.0 Å². The van der Waals surface area contributed by atoms with Crippen molar-refractivity contribution >= 4 is 29.2 Å². The van der Waals surface area contributed by atoms with Crippen LogP contribution in [0.1, 0.15) is 37.8 Å². The van der Waals surface area contributed by atoms with E-state index in [4.69, 9.17) is 16.7 Å². The second-order valence-electron chi connectivity index (χ2n) is 8.43. The van der Waals surface area contributed by atoms with E-state index in [1.807, 2.05) is 6.07 Å². The quantitative estimate of drug-likeness (QED) is 0.746. The molecule has 1 saturated carbocycles. The van der Waals surface area contributed by atoms with Gasteiger partial charge >= 0.3 is 5.97 Å². The molecule has 2 N–H and O–H groups in total. The van der Waals surface area contributed by atoms with E-state index in [2.05, 4.69) is 4.98 Å². The third-order valence-corrected chi connectivity index (χ3v) is 7.05. The molecular formula is C19H21ClF2N4O3. The number of hydrogen-bond donors (Lipinski definition) is 2. The topological polar surface area (TPSA) is 101 Å². The number of hydrogen-bond acceptors (Lipinski definition) is 6. The fourth-order valence-corrected chi connectivity index (χ4v) is 5.05. The first kappa shape index (κ1) is 20.1. The molecule has 0 spiro atoms. The molecule has 1 aromatic rings. The Morgan fingerprint density at radius 1 is 1.41 bits per heavy atom. The van der Waals surface area contributed by atoms with E-state index in [9.17, 15) is 23.9 Å². The molecule has 4 rings (SSSR count). The van der Waals surface area contributed by atoms with Crippen molar-refractivity contribution in [3.63, 3.8) is 0 Å². The SMILES string of the molecule is C[C@@H]1N(c2nc(N3CC4C(CC(=O)O)C4C3)c(Cl)c(C(F)F)c2C#N)C[C@@]1(C)O. The van der Waals surface area contributed by atoms with Gasteiger partial charge in [-0.05, 0) is 31.6 Å². The number of piperidine rings is 1. The van der Waals surface area contributed by atoms with Crippen molar-refractivity contribution in [3.05, 3.63) is 16.1 Å². The Labute approximate surface area is 171 Å². The van der Waals surface area contributed by atoms with Crippen molar-refractivity contribution in [2.45, 2.75) is 38.3 Å². The van der Waals surface area contributed by atoms with Gasteiger partial charge in [-0.2, -0.15) is 5.26 Å². The number of aliphatic hydroxyl groups is 1. The van der Waals surface area contributed by atoms with Crippen LogP contribution < -0.4 is 9.80 Å². The normalized spacial score (nSPS) is 32.8. The second-order valence-corrected chi connectivity index (χ2v) is 8.81. The van der Waals surface area contributed by atoms with Crippen molar-refractivity contribution in [1.82, 2.24) is 4.98 Å². The highest BCUT2D eigenvalue weighted by molar-refractivity contribution is 6.34. The Kier molecular flexibility index (Phi) is 4.63. The number of β-amino-alcohol motifs (C(OH)–C–C–N with tert-alkyl or cyclic N) is 1. The van der Waals surface area contributed by atoms with Crippen LogP contribution in [0.15, 0.2) is 0 Å². The average molecular weight is 427 g/mol. The van der Waals surface area contributed by atoms with Crippen molar-refractivity contribution in [3.8, 4) is 6.07 Å². The molecule has 0 aromatic carbocycles. The molecule has 2 saturated heterocycles. The molecule has 1 aliphatic carbocycles. The number of alkyl halides is 2. The van der Waals surface area contributed by atoms with Gasteiger partial charge in [0.1, 0.15) is 23.3 Å². The summed E-state index contributed by atoms with van der Waals surface area (Å²) in [6.45, 7) is 4.55. The lowest BCUT2D eigenvalue weighted by Crippen LogP contribution is -2.67.